The number of nitrogens with one attached hydrogen (secondary N) is 1. The third kappa shape index (κ3) is 4.96. The Morgan fingerprint density at radius 1 is 0.926 bits per heavy atom. The molecular formula is C23H31N3O. The number of aliphatic hydroxyl groups excluding tert-OH is 1. The summed E-state index contributed by atoms with van der Waals surface area (Å²) in [6.07, 6.45) is 2.03. The van der Waals surface area contributed by atoms with Crippen LogP contribution in [0.15, 0.2) is 54.6 Å². The lowest BCUT2D eigenvalue weighted by Crippen LogP contribution is -2.40. The van der Waals surface area contributed by atoms with Crippen molar-refractivity contribution in [2.45, 2.75) is 38.1 Å². The Morgan fingerprint density at radius 2 is 1.70 bits per heavy atom. The van der Waals surface area contributed by atoms with E-state index in [4.69, 9.17) is 0 Å². The predicted octanol–water partition coefficient (Wildman–Crippen LogP) is 2.27. The van der Waals surface area contributed by atoms with Crippen molar-refractivity contribution in [3.8, 4) is 0 Å². The van der Waals surface area contributed by atoms with Crippen molar-refractivity contribution in [1.29, 1.82) is 0 Å². The van der Waals surface area contributed by atoms with E-state index in [-0.39, 0.29) is 12.1 Å². The number of hydrogen-bond acceptors (Lipinski definition) is 4. The molecule has 0 radical (unpaired) electrons. The number of nitrogens with zero attached hydrogens (tertiary/aromatic N) is 2. The van der Waals surface area contributed by atoms with Gasteiger partial charge in [0.1, 0.15) is 0 Å². The van der Waals surface area contributed by atoms with Crippen LogP contribution in [0.4, 0.5) is 0 Å². The summed E-state index contributed by atoms with van der Waals surface area (Å²) < 4.78 is 0. The lowest BCUT2D eigenvalue weighted by molar-refractivity contribution is 0.152. The first-order chi connectivity index (χ1) is 13.3. The zero-order chi connectivity index (χ0) is 18.5. The molecule has 0 unspecified atom stereocenters. The van der Waals surface area contributed by atoms with Gasteiger partial charge in [-0.15, -0.1) is 0 Å². The van der Waals surface area contributed by atoms with E-state index in [9.17, 15) is 5.11 Å². The summed E-state index contributed by atoms with van der Waals surface area (Å²) in [6, 6.07) is 19.5. The molecule has 2 aromatic carbocycles. The molecule has 144 valence electrons. The zero-order valence-corrected chi connectivity index (χ0v) is 16.1. The van der Waals surface area contributed by atoms with Gasteiger partial charge in [-0.05, 0) is 42.6 Å². The molecule has 1 saturated heterocycles. The number of aliphatic hydroxyl groups is 1. The number of β-amino-alcohol motifs (C(OH)–C–C–N with tert-alkyl or cyclic N) is 1. The quantitative estimate of drug-likeness (QED) is 0.739. The van der Waals surface area contributed by atoms with Gasteiger partial charge in [0.2, 0.25) is 0 Å². The van der Waals surface area contributed by atoms with Crippen molar-refractivity contribution in [2.24, 2.45) is 0 Å². The molecule has 0 bridgehead atoms. The summed E-state index contributed by atoms with van der Waals surface area (Å²) in [4.78, 5) is 4.90. The monoisotopic (exact) mass is 365 g/mol. The van der Waals surface area contributed by atoms with Gasteiger partial charge in [0.05, 0.1) is 6.10 Å². The molecule has 2 N–H and O–H groups in total. The molecule has 0 saturated carbocycles. The van der Waals surface area contributed by atoms with Crippen LogP contribution < -0.4 is 5.32 Å². The minimum Gasteiger partial charge on any atom is -0.390 e. The Balaban J connectivity index is 1.17. The minimum absolute atomic E-state index is 0.191. The lowest BCUT2D eigenvalue weighted by Gasteiger charge is -2.29. The highest BCUT2D eigenvalue weighted by molar-refractivity contribution is 5.29. The van der Waals surface area contributed by atoms with Gasteiger partial charge >= 0.3 is 0 Å². The number of hydrogen-bond donors (Lipinski definition) is 2. The first-order valence-corrected chi connectivity index (χ1v) is 10.2. The fraction of sp³-hybridized carbons (Fsp3) is 0.478. The van der Waals surface area contributed by atoms with Gasteiger partial charge < -0.3 is 10.4 Å². The summed E-state index contributed by atoms with van der Waals surface area (Å²) in [5, 5.41) is 14.0. The summed E-state index contributed by atoms with van der Waals surface area (Å²) in [7, 11) is 0. The molecule has 0 aliphatic carbocycles. The van der Waals surface area contributed by atoms with Crippen molar-refractivity contribution in [3.05, 3.63) is 71.3 Å². The molecule has 0 spiro atoms. The van der Waals surface area contributed by atoms with Gasteiger partial charge in [0, 0.05) is 38.8 Å². The average Bonchev–Trinajstić information content (AvgIpc) is 3.05. The first kappa shape index (κ1) is 18.6. The highest BCUT2D eigenvalue weighted by Crippen LogP contribution is 2.18. The molecule has 2 aliphatic rings. The van der Waals surface area contributed by atoms with E-state index in [2.05, 4.69) is 63.6 Å². The average molecular weight is 366 g/mol. The van der Waals surface area contributed by atoms with Crippen LogP contribution in [0.5, 0.6) is 0 Å². The smallest absolute Gasteiger partial charge is 0.0832 e. The zero-order valence-electron chi connectivity index (χ0n) is 16.1. The first-order valence-electron chi connectivity index (χ1n) is 10.2. The Morgan fingerprint density at radius 3 is 2.56 bits per heavy atom. The maximum Gasteiger partial charge on any atom is 0.0832 e. The molecule has 0 amide bonds. The standard InChI is InChI=1S/C23H31N3O/c27-23-18-26(15-19-7-2-1-3-8-19)17-22(23)24-12-6-13-25-14-11-20-9-4-5-10-21(20)16-25/h1-5,7-10,22-24,27H,6,11-18H2/t22-,23-/m1/s1. The predicted molar refractivity (Wildman–Crippen MR) is 110 cm³/mol. The Bertz CT molecular complexity index is 721. The van der Waals surface area contributed by atoms with E-state index < -0.39 is 0 Å². The van der Waals surface area contributed by atoms with Crippen LogP contribution in [0, 0.1) is 0 Å². The summed E-state index contributed by atoms with van der Waals surface area (Å²) >= 11 is 0. The largest absolute Gasteiger partial charge is 0.390 e. The van der Waals surface area contributed by atoms with E-state index in [1.165, 1.54) is 23.1 Å². The molecule has 2 atom stereocenters. The normalized spacial score (nSPS) is 23.4. The van der Waals surface area contributed by atoms with Crippen molar-refractivity contribution in [2.75, 3.05) is 32.7 Å². The van der Waals surface area contributed by atoms with Gasteiger partial charge in [0.15, 0.2) is 0 Å². The third-order valence-electron chi connectivity index (χ3n) is 5.88. The molecular weight excluding hydrogens is 334 g/mol. The topological polar surface area (TPSA) is 38.7 Å². The molecule has 4 heteroatoms. The Labute approximate surface area is 162 Å². The second-order valence-corrected chi connectivity index (χ2v) is 7.96. The van der Waals surface area contributed by atoms with E-state index in [0.29, 0.717) is 0 Å². The maximum absolute atomic E-state index is 10.4. The van der Waals surface area contributed by atoms with Crippen LogP contribution in [0.2, 0.25) is 0 Å². The van der Waals surface area contributed by atoms with Crippen LogP contribution in [0.3, 0.4) is 0 Å². The number of fused-ring (bicyclic) bond motifs is 1. The van der Waals surface area contributed by atoms with Gasteiger partial charge in [0.25, 0.3) is 0 Å². The second-order valence-electron chi connectivity index (χ2n) is 7.96. The van der Waals surface area contributed by atoms with Gasteiger partial charge in [-0.1, -0.05) is 54.6 Å². The molecule has 2 heterocycles. The van der Waals surface area contributed by atoms with Crippen LogP contribution in [-0.4, -0.2) is 59.8 Å². The second kappa shape index (κ2) is 8.98. The van der Waals surface area contributed by atoms with Gasteiger partial charge in [-0.25, -0.2) is 0 Å². The molecule has 1 fully saturated rings. The van der Waals surface area contributed by atoms with Crippen LogP contribution in [0.25, 0.3) is 0 Å². The van der Waals surface area contributed by atoms with E-state index in [0.717, 1.165) is 52.2 Å². The Hall–Kier alpha value is -1.72. The van der Waals surface area contributed by atoms with E-state index >= 15 is 0 Å². The number of rotatable bonds is 7. The molecule has 4 nitrogen and oxygen atoms in total. The summed E-state index contributed by atoms with van der Waals surface area (Å²) in [5.41, 5.74) is 4.31. The highest BCUT2D eigenvalue weighted by Gasteiger charge is 2.30. The highest BCUT2D eigenvalue weighted by atomic mass is 16.3. The molecule has 2 aromatic rings. The minimum atomic E-state index is -0.268. The number of benzene rings is 2. The van der Waals surface area contributed by atoms with E-state index in [1.807, 2.05) is 6.07 Å². The van der Waals surface area contributed by atoms with E-state index in [1.54, 1.807) is 0 Å². The fourth-order valence-corrected chi connectivity index (χ4v) is 4.37. The van der Waals surface area contributed by atoms with Crippen molar-refractivity contribution >= 4 is 0 Å². The molecule has 4 rings (SSSR count). The van der Waals surface area contributed by atoms with Crippen molar-refractivity contribution in [1.82, 2.24) is 15.1 Å². The van der Waals surface area contributed by atoms with Crippen LogP contribution in [0.1, 0.15) is 23.1 Å². The van der Waals surface area contributed by atoms with Gasteiger partial charge in [-0.3, -0.25) is 9.80 Å². The summed E-state index contributed by atoms with van der Waals surface area (Å²) in [5.74, 6) is 0. The summed E-state index contributed by atoms with van der Waals surface area (Å²) in [6.45, 7) is 6.93. The molecule has 27 heavy (non-hydrogen) atoms. The maximum atomic E-state index is 10.4. The third-order valence-corrected chi connectivity index (χ3v) is 5.88. The molecule has 2 aliphatic heterocycles. The van der Waals surface area contributed by atoms with Crippen molar-refractivity contribution in [3.63, 3.8) is 0 Å². The van der Waals surface area contributed by atoms with Gasteiger partial charge in [-0.2, -0.15) is 0 Å². The lowest BCUT2D eigenvalue weighted by atomic mass is 10.00. The fourth-order valence-electron chi connectivity index (χ4n) is 4.37. The number of likely N-dealkylation sites (tertiary alicyclic amines) is 1. The van der Waals surface area contributed by atoms with Crippen LogP contribution >= 0.6 is 0 Å². The van der Waals surface area contributed by atoms with Crippen LogP contribution in [-0.2, 0) is 19.5 Å². The molecule has 0 aromatic heterocycles. The Kier molecular flexibility index (Phi) is 6.20. The van der Waals surface area contributed by atoms with Crippen molar-refractivity contribution < 1.29 is 5.11 Å². The SMILES string of the molecule is O[C@@H]1CN(Cc2ccccc2)C[C@H]1NCCCN1CCc2ccccc2C1.